The molecule has 9 heteroatoms. The van der Waals surface area contributed by atoms with E-state index in [4.69, 9.17) is 5.73 Å². The van der Waals surface area contributed by atoms with Crippen LogP contribution in [0, 0.1) is 16.0 Å². The molecule has 1 aromatic rings. The lowest BCUT2D eigenvalue weighted by atomic mass is 9.97. The molecule has 3 amide bonds. The number of benzene rings is 1. The van der Waals surface area contributed by atoms with Crippen molar-refractivity contribution in [1.82, 2.24) is 10.2 Å². The average molecular weight is 335 g/mol. The molecule has 1 aromatic carbocycles. The Bertz CT molecular complexity index is 622. The smallest absolute Gasteiger partial charge is 0.314 e. The fourth-order valence-corrected chi connectivity index (χ4v) is 2.70. The van der Waals surface area contributed by atoms with Crippen LogP contribution in [-0.2, 0) is 4.79 Å². The Labute approximate surface area is 139 Å². The summed E-state index contributed by atoms with van der Waals surface area (Å²) in [5, 5.41) is 16.6. The van der Waals surface area contributed by atoms with Gasteiger partial charge in [0.2, 0.25) is 5.91 Å². The van der Waals surface area contributed by atoms with Crippen LogP contribution in [0.25, 0.3) is 0 Å². The van der Waals surface area contributed by atoms with Gasteiger partial charge < -0.3 is 21.3 Å². The normalized spacial score (nSPS) is 17.2. The van der Waals surface area contributed by atoms with Gasteiger partial charge in [0.15, 0.2) is 0 Å². The Kier molecular flexibility index (Phi) is 5.94. The molecule has 0 spiro atoms. The molecule has 9 nitrogen and oxygen atoms in total. The van der Waals surface area contributed by atoms with Gasteiger partial charge in [0, 0.05) is 32.2 Å². The molecular weight excluding hydrogens is 314 g/mol. The number of nitrogens with zero attached hydrogens (tertiary/aromatic N) is 2. The Hall–Kier alpha value is -2.84. The second-order valence-electron chi connectivity index (χ2n) is 5.62. The summed E-state index contributed by atoms with van der Waals surface area (Å²) in [6.45, 7) is 1.61. The molecule has 1 aliphatic heterocycles. The van der Waals surface area contributed by atoms with Gasteiger partial charge in [-0.25, -0.2) is 4.79 Å². The zero-order valence-electron chi connectivity index (χ0n) is 13.2. The first-order valence-corrected chi connectivity index (χ1v) is 7.78. The first kappa shape index (κ1) is 17.5. The molecule has 1 fully saturated rings. The lowest BCUT2D eigenvalue weighted by Crippen LogP contribution is -2.47. The molecule has 0 bridgehead atoms. The van der Waals surface area contributed by atoms with Crippen LogP contribution in [0.2, 0.25) is 0 Å². The third-order valence-electron chi connectivity index (χ3n) is 3.94. The summed E-state index contributed by atoms with van der Waals surface area (Å²) in [5.41, 5.74) is 5.65. The molecular formula is C15H21N5O4. The summed E-state index contributed by atoms with van der Waals surface area (Å²) in [7, 11) is 0. The van der Waals surface area contributed by atoms with E-state index in [2.05, 4.69) is 10.6 Å². The monoisotopic (exact) mass is 335 g/mol. The molecule has 24 heavy (non-hydrogen) atoms. The van der Waals surface area contributed by atoms with E-state index in [0.717, 1.165) is 6.42 Å². The van der Waals surface area contributed by atoms with Crippen LogP contribution in [0.5, 0.6) is 0 Å². The fraction of sp³-hybridized carbons (Fsp3) is 0.467. The van der Waals surface area contributed by atoms with E-state index in [9.17, 15) is 19.7 Å². The third kappa shape index (κ3) is 4.58. The summed E-state index contributed by atoms with van der Waals surface area (Å²) in [6.07, 6.45) is 1.46. The second kappa shape index (κ2) is 8.14. The number of nitrogens with one attached hydrogen (secondary N) is 2. The van der Waals surface area contributed by atoms with E-state index >= 15 is 0 Å². The average Bonchev–Trinajstić information content (AvgIpc) is 2.58. The van der Waals surface area contributed by atoms with Gasteiger partial charge in [-0.05, 0) is 18.9 Å². The van der Waals surface area contributed by atoms with Crippen LogP contribution >= 0.6 is 0 Å². The molecule has 4 N–H and O–H groups in total. The minimum absolute atomic E-state index is 0.00629. The van der Waals surface area contributed by atoms with Gasteiger partial charge in [0.25, 0.3) is 5.69 Å². The molecule has 1 saturated heterocycles. The highest BCUT2D eigenvalue weighted by Gasteiger charge is 2.27. The molecule has 0 aliphatic carbocycles. The van der Waals surface area contributed by atoms with Gasteiger partial charge in [0.05, 0.1) is 10.8 Å². The van der Waals surface area contributed by atoms with Crippen molar-refractivity contribution >= 4 is 23.3 Å². The molecule has 0 radical (unpaired) electrons. The SMILES string of the molecule is NC(=O)N1CCC[C@@H](C(=O)NCCNc2ccccc2[N+](=O)[O-])C1. The highest BCUT2D eigenvalue weighted by atomic mass is 16.6. The highest BCUT2D eigenvalue weighted by Crippen LogP contribution is 2.22. The molecule has 1 atom stereocenters. The Morgan fingerprint density at radius 3 is 2.79 bits per heavy atom. The van der Waals surface area contributed by atoms with Gasteiger partial charge in [0.1, 0.15) is 5.69 Å². The van der Waals surface area contributed by atoms with Crippen molar-refractivity contribution in [2.24, 2.45) is 11.7 Å². The lowest BCUT2D eigenvalue weighted by molar-refractivity contribution is -0.384. The van der Waals surface area contributed by atoms with Crippen LogP contribution in [0.15, 0.2) is 24.3 Å². The number of likely N-dealkylation sites (tertiary alicyclic amines) is 1. The van der Waals surface area contributed by atoms with Crippen molar-refractivity contribution < 1.29 is 14.5 Å². The van der Waals surface area contributed by atoms with Gasteiger partial charge in [-0.3, -0.25) is 14.9 Å². The Morgan fingerprint density at radius 1 is 1.33 bits per heavy atom. The van der Waals surface area contributed by atoms with Crippen LogP contribution < -0.4 is 16.4 Å². The van der Waals surface area contributed by atoms with E-state index in [-0.39, 0.29) is 17.5 Å². The number of anilines is 1. The molecule has 0 aromatic heterocycles. The minimum Gasteiger partial charge on any atom is -0.378 e. The first-order valence-electron chi connectivity index (χ1n) is 7.78. The van der Waals surface area contributed by atoms with E-state index in [1.165, 1.54) is 11.0 Å². The number of nitro benzene ring substituents is 1. The summed E-state index contributed by atoms with van der Waals surface area (Å²) < 4.78 is 0. The topological polar surface area (TPSA) is 131 Å². The van der Waals surface area contributed by atoms with Crippen LogP contribution in [0.3, 0.4) is 0 Å². The van der Waals surface area contributed by atoms with Gasteiger partial charge in [-0.1, -0.05) is 12.1 Å². The molecule has 0 unspecified atom stereocenters. The number of hydrogen-bond acceptors (Lipinski definition) is 5. The van der Waals surface area contributed by atoms with Crippen LogP contribution in [0.1, 0.15) is 12.8 Å². The number of amides is 3. The number of para-hydroxylation sites is 2. The van der Waals surface area contributed by atoms with Crippen molar-refractivity contribution in [3.63, 3.8) is 0 Å². The van der Waals surface area contributed by atoms with Crippen LogP contribution in [0.4, 0.5) is 16.2 Å². The predicted molar refractivity (Wildman–Crippen MR) is 88.5 cm³/mol. The van der Waals surface area contributed by atoms with Crippen molar-refractivity contribution in [3.05, 3.63) is 34.4 Å². The summed E-state index contributed by atoms with van der Waals surface area (Å²) in [5.74, 6) is -0.400. The number of urea groups is 1. The summed E-state index contributed by atoms with van der Waals surface area (Å²) in [6, 6.07) is 5.82. The standard InChI is InChI=1S/C15H21N5O4/c16-15(22)19-9-3-4-11(10-19)14(21)18-8-7-17-12-5-1-2-6-13(12)20(23)24/h1-2,5-6,11,17H,3-4,7-10H2,(H2,16,22)(H,18,21)/t11-/m1/s1. The molecule has 1 aliphatic rings. The molecule has 0 saturated carbocycles. The number of piperidine rings is 1. The summed E-state index contributed by atoms with van der Waals surface area (Å²) in [4.78, 5) is 35.2. The lowest BCUT2D eigenvalue weighted by Gasteiger charge is -2.30. The molecule has 1 heterocycles. The van der Waals surface area contributed by atoms with Gasteiger partial charge >= 0.3 is 6.03 Å². The van der Waals surface area contributed by atoms with Crippen molar-refractivity contribution in [2.75, 3.05) is 31.5 Å². The highest BCUT2D eigenvalue weighted by molar-refractivity contribution is 5.80. The number of hydrogen-bond donors (Lipinski definition) is 3. The quantitative estimate of drug-likeness (QED) is 0.404. The first-order chi connectivity index (χ1) is 11.5. The number of carbonyl (C=O) groups excluding carboxylic acids is 2. The summed E-state index contributed by atoms with van der Waals surface area (Å²) >= 11 is 0. The molecule has 130 valence electrons. The number of nitrogens with two attached hydrogens (primary N) is 1. The maximum Gasteiger partial charge on any atom is 0.314 e. The maximum atomic E-state index is 12.1. The Morgan fingerprint density at radius 2 is 2.08 bits per heavy atom. The largest absolute Gasteiger partial charge is 0.378 e. The maximum absolute atomic E-state index is 12.1. The predicted octanol–water partition coefficient (Wildman–Crippen LogP) is 0.914. The fourth-order valence-electron chi connectivity index (χ4n) is 2.70. The van der Waals surface area contributed by atoms with E-state index in [1.807, 2.05) is 0 Å². The van der Waals surface area contributed by atoms with Crippen molar-refractivity contribution in [1.29, 1.82) is 0 Å². The number of nitro groups is 1. The van der Waals surface area contributed by atoms with Crippen LogP contribution in [-0.4, -0.2) is 47.9 Å². The number of rotatable bonds is 6. The number of carbonyl (C=O) groups is 2. The van der Waals surface area contributed by atoms with E-state index in [0.29, 0.717) is 38.3 Å². The number of primary amides is 1. The third-order valence-corrected chi connectivity index (χ3v) is 3.94. The molecule has 2 rings (SSSR count). The zero-order chi connectivity index (χ0) is 17.5. The van der Waals surface area contributed by atoms with Crippen molar-refractivity contribution in [2.45, 2.75) is 12.8 Å². The minimum atomic E-state index is -0.509. The van der Waals surface area contributed by atoms with E-state index in [1.54, 1.807) is 18.2 Å². The second-order valence-corrected chi connectivity index (χ2v) is 5.62. The van der Waals surface area contributed by atoms with Gasteiger partial charge in [-0.15, -0.1) is 0 Å². The zero-order valence-corrected chi connectivity index (χ0v) is 13.2. The van der Waals surface area contributed by atoms with E-state index < -0.39 is 11.0 Å². The van der Waals surface area contributed by atoms with Crippen molar-refractivity contribution in [3.8, 4) is 0 Å². The van der Waals surface area contributed by atoms with Gasteiger partial charge in [-0.2, -0.15) is 0 Å². The Balaban J connectivity index is 1.77.